The van der Waals surface area contributed by atoms with Gasteiger partial charge in [0.15, 0.2) is 0 Å². The van der Waals surface area contributed by atoms with Crippen molar-refractivity contribution in [3.63, 3.8) is 0 Å². The molecule has 2 nitrogen and oxygen atoms in total. The smallest absolute Gasteiger partial charge is 0.124 e. The molecule has 1 rings (SSSR count). The maximum atomic E-state index is 12.9. The van der Waals surface area contributed by atoms with E-state index in [-0.39, 0.29) is 17.7 Å². The number of halogens is 2. The highest BCUT2D eigenvalue weighted by Gasteiger charge is 2.13. The molecule has 0 unspecified atom stereocenters. The van der Waals surface area contributed by atoms with Crippen molar-refractivity contribution in [2.24, 2.45) is 5.73 Å². The zero-order chi connectivity index (χ0) is 10.7. The molecule has 0 aliphatic heterocycles. The van der Waals surface area contributed by atoms with E-state index in [0.29, 0.717) is 5.56 Å². The normalized spacial score (nSPS) is 12.9. The van der Waals surface area contributed by atoms with E-state index in [4.69, 9.17) is 5.73 Å². The maximum Gasteiger partial charge on any atom is 0.124 e. The summed E-state index contributed by atoms with van der Waals surface area (Å²) in [5.74, 6) is -0.517. The largest absolute Gasteiger partial charge is 0.507 e. The second-order valence-electron chi connectivity index (χ2n) is 3.24. The Labute approximate surface area is 81.4 Å². The zero-order valence-corrected chi connectivity index (χ0v) is 7.93. The second-order valence-corrected chi connectivity index (χ2v) is 3.24. The molecule has 0 fully saturated rings. The molecule has 0 heterocycles. The fourth-order valence-electron chi connectivity index (χ4n) is 1.32. The van der Waals surface area contributed by atoms with E-state index < -0.39 is 18.5 Å². The van der Waals surface area contributed by atoms with Crippen molar-refractivity contribution in [3.05, 3.63) is 29.1 Å². The van der Waals surface area contributed by atoms with Crippen LogP contribution in [0.4, 0.5) is 8.78 Å². The number of phenols is 1. The summed E-state index contributed by atoms with van der Waals surface area (Å²) in [6.45, 7) is 0.986. The minimum atomic E-state index is -0.658. The van der Waals surface area contributed by atoms with E-state index in [1.54, 1.807) is 6.92 Å². The van der Waals surface area contributed by atoms with Gasteiger partial charge in [0.2, 0.25) is 0 Å². The van der Waals surface area contributed by atoms with Gasteiger partial charge in [0.05, 0.1) is 6.67 Å². The van der Waals surface area contributed by atoms with Gasteiger partial charge in [-0.1, -0.05) is 0 Å². The molecule has 4 heteroatoms. The molecule has 1 atom stereocenters. The Morgan fingerprint density at radius 3 is 2.71 bits per heavy atom. The third-order valence-electron chi connectivity index (χ3n) is 2.11. The van der Waals surface area contributed by atoms with Crippen LogP contribution in [0.15, 0.2) is 12.1 Å². The molecule has 0 spiro atoms. The van der Waals surface area contributed by atoms with Gasteiger partial charge in [0.25, 0.3) is 0 Å². The first-order valence-electron chi connectivity index (χ1n) is 4.36. The summed E-state index contributed by atoms with van der Waals surface area (Å²) in [7, 11) is 0. The monoisotopic (exact) mass is 201 g/mol. The molecular formula is C10H13F2NO. The maximum absolute atomic E-state index is 12.9. The summed E-state index contributed by atoms with van der Waals surface area (Å²) >= 11 is 0. The topological polar surface area (TPSA) is 46.2 Å². The molecule has 0 saturated carbocycles. The van der Waals surface area contributed by atoms with Crippen LogP contribution in [0.5, 0.6) is 5.75 Å². The Kier molecular flexibility index (Phi) is 3.41. The fraction of sp³-hybridized carbons (Fsp3) is 0.400. The minimum absolute atomic E-state index is 0.0487. The second kappa shape index (κ2) is 4.37. The molecular weight excluding hydrogens is 188 g/mol. The van der Waals surface area contributed by atoms with Crippen LogP contribution in [0.2, 0.25) is 0 Å². The van der Waals surface area contributed by atoms with E-state index in [2.05, 4.69) is 0 Å². The van der Waals surface area contributed by atoms with Gasteiger partial charge >= 0.3 is 0 Å². The van der Waals surface area contributed by atoms with Gasteiger partial charge in [-0.25, -0.2) is 4.39 Å². The quantitative estimate of drug-likeness (QED) is 0.787. The number of hydrogen-bond acceptors (Lipinski definition) is 2. The summed E-state index contributed by atoms with van der Waals surface area (Å²) in [6.07, 6.45) is 0.0798. The van der Waals surface area contributed by atoms with Gasteiger partial charge in [-0.05, 0) is 31.0 Å². The molecule has 0 amide bonds. The lowest BCUT2D eigenvalue weighted by molar-refractivity contribution is 0.420. The third kappa shape index (κ3) is 2.20. The molecule has 0 bridgehead atoms. The molecule has 1 aromatic rings. The first-order chi connectivity index (χ1) is 6.56. The number of aryl methyl sites for hydroxylation is 1. The summed E-state index contributed by atoms with van der Waals surface area (Å²) in [6, 6.07) is 1.69. The van der Waals surface area contributed by atoms with E-state index in [1.807, 2.05) is 0 Å². The summed E-state index contributed by atoms with van der Waals surface area (Å²) in [4.78, 5) is 0. The van der Waals surface area contributed by atoms with Crippen molar-refractivity contribution in [2.45, 2.75) is 19.4 Å². The molecule has 78 valence electrons. The fourth-order valence-corrected chi connectivity index (χ4v) is 1.32. The molecule has 0 aromatic heterocycles. The Morgan fingerprint density at radius 1 is 1.50 bits per heavy atom. The summed E-state index contributed by atoms with van der Waals surface area (Å²) in [5.41, 5.74) is 6.25. The Balaban J connectivity index is 3.07. The standard InChI is InChI=1S/C10H13F2NO/c1-6-4-7(12)5-8(10(6)14)9(13)2-3-11/h4-5,9,14H,2-3,13H2,1H3/t9-/m1/s1. The van der Waals surface area contributed by atoms with Crippen LogP contribution in [0.3, 0.4) is 0 Å². The molecule has 0 radical (unpaired) electrons. The highest BCUT2D eigenvalue weighted by molar-refractivity contribution is 5.41. The van der Waals surface area contributed by atoms with E-state index in [0.717, 1.165) is 6.07 Å². The zero-order valence-electron chi connectivity index (χ0n) is 7.93. The lowest BCUT2D eigenvalue weighted by Crippen LogP contribution is -2.11. The van der Waals surface area contributed by atoms with Crippen LogP contribution in [-0.2, 0) is 0 Å². The Hall–Kier alpha value is -1.16. The van der Waals surface area contributed by atoms with E-state index in [1.165, 1.54) is 6.07 Å². The van der Waals surface area contributed by atoms with Crippen molar-refractivity contribution in [1.29, 1.82) is 0 Å². The SMILES string of the molecule is Cc1cc(F)cc([C@H](N)CCF)c1O. The lowest BCUT2D eigenvalue weighted by Gasteiger charge is -2.13. The van der Waals surface area contributed by atoms with Crippen molar-refractivity contribution < 1.29 is 13.9 Å². The van der Waals surface area contributed by atoms with Gasteiger partial charge < -0.3 is 10.8 Å². The Bertz CT molecular complexity index is 328. The summed E-state index contributed by atoms with van der Waals surface area (Å²) < 4.78 is 25.0. The van der Waals surface area contributed by atoms with Crippen LogP contribution < -0.4 is 5.73 Å². The van der Waals surface area contributed by atoms with E-state index in [9.17, 15) is 13.9 Å². The molecule has 14 heavy (non-hydrogen) atoms. The van der Waals surface area contributed by atoms with Gasteiger partial charge in [0, 0.05) is 11.6 Å². The number of phenolic OH excluding ortho intramolecular Hbond substituents is 1. The average Bonchev–Trinajstić information content (AvgIpc) is 2.11. The number of aromatic hydroxyl groups is 1. The molecule has 3 N–H and O–H groups in total. The van der Waals surface area contributed by atoms with Crippen LogP contribution in [-0.4, -0.2) is 11.8 Å². The number of benzene rings is 1. The van der Waals surface area contributed by atoms with Crippen LogP contribution >= 0.6 is 0 Å². The van der Waals surface area contributed by atoms with Gasteiger partial charge in [-0.3, -0.25) is 4.39 Å². The number of nitrogens with two attached hydrogens (primary N) is 1. The first kappa shape index (κ1) is 10.9. The third-order valence-corrected chi connectivity index (χ3v) is 2.11. The molecule has 0 aliphatic rings. The van der Waals surface area contributed by atoms with Crippen molar-refractivity contribution in [3.8, 4) is 5.75 Å². The van der Waals surface area contributed by atoms with E-state index >= 15 is 0 Å². The van der Waals surface area contributed by atoms with Gasteiger partial charge in [-0.2, -0.15) is 0 Å². The van der Waals surface area contributed by atoms with Gasteiger partial charge in [-0.15, -0.1) is 0 Å². The van der Waals surface area contributed by atoms with Crippen LogP contribution in [0, 0.1) is 12.7 Å². The van der Waals surface area contributed by atoms with Crippen molar-refractivity contribution in [2.75, 3.05) is 6.67 Å². The van der Waals surface area contributed by atoms with Crippen molar-refractivity contribution in [1.82, 2.24) is 0 Å². The minimum Gasteiger partial charge on any atom is -0.507 e. The number of alkyl halides is 1. The van der Waals surface area contributed by atoms with Crippen LogP contribution in [0.1, 0.15) is 23.6 Å². The molecule has 0 aliphatic carbocycles. The van der Waals surface area contributed by atoms with Crippen LogP contribution in [0.25, 0.3) is 0 Å². The molecule has 1 aromatic carbocycles. The highest BCUT2D eigenvalue weighted by Crippen LogP contribution is 2.29. The number of rotatable bonds is 3. The predicted molar refractivity (Wildman–Crippen MR) is 50.3 cm³/mol. The highest BCUT2D eigenvalue weighted by atomic mass is 19.1. The Morgan fingerprint density at radius 2 is 2.14 bits per heavy atom. The predicted octanol–water partition coefficient (Wildman–Crippen LogP) is 2.20. The number of hydrogen-bond donors (Lipinski definition) is 2. The molecule has 0 saturated heterocycles. The van der Waals surface area contributed by atoms with Crippen molar-refractivity contribution >= 4 is 0 Å². The summed E-state index contributed by atoms with van der Waals surface area (Å²) in [5, 5.41) is 9.55. The van der Waals surface area contributed by atoms with Gasteiger partial charge in [0.1, 0.15) is 11.6 Å². The first-order valence-corrected chi connectivity index (χ1v) is 4.36. The lowest BCUT2D eigenvalue weighted by atomic mass is 10.0. The average molecular weight is 201 g/mol.